The molecule has 1 heterocycles. The number of thiazole rings is 1. The van der Waals surface area contributed by atoms with Crippen LogP contribution >= 0.6 is 35.3 Å². The molecule has 0 aromatic carbocycles. The molecule has 1 rings (SSSR count). The van der Waals surface area contributed by atoms with Gasteiger partial charge < -0.3 is 16.0 Å². The van der Waals surface area contributed by atoms with Gasteiger partial charge in [-0.2, -0.15) is 0 Å². The second-order valence-corrected chi connectivity index (χ2v) is 5.86. The quantitative estimate of drug-likeness (QED) is 0.233. The summed E-state index contributed by atoms with van der Waals surface area (Å²) in [6.45, 7) is 6.15. The molecule has 1 aromatic heterocycles. The van der Waals surface area contributed by atoms with Gasteiger partial charge >= 0.3 is 0 Å². The second-order valence-electron chi connectivity index (χ2n) is 5.01. The Labute approximate surface area is 160 Å². The molecule has 0 bridgehead atoms. The first kappa shape index (κ1) is 22.1. The van der Waals surface area contributed by atoms with E-state index < -0.39 is 0 Å². The third-order valence-electron chi connectivity index (χ3n) is 3.20. The summed E-state index contributed by atoms with van der Waals surface area (Å²) in [5.41, 5.74) is 2.47. The van der Waals surface area contributed by atoms with Crippen molar-refractivity contribution in [1.82, 2.24) is 20.9 Å². The summed E-state index contributed by atoms with van der Waals surface area (Å²) in [5, 5.41) is 9.33. The van der Waals surface area contributed by atoms with Gasteiger partial charge in [0.2, 0.25) is 0 Å². The van der Waals surface area contributed by atoms with E-state index in [0.29, 0.717) is 18.0 Å². The molecule has 0 saturated heterocycles. The standard InChI is InChI=1S/C15H27N5OS.HI/c1-4-5-6-7-8-18-15(16-3)19-10-9-17-14(21)13-12(2)20-11-22-13;/h11H,4-10H2,1-3H3,(H,17,21)(H2,16,18,19);1H. The zero-order valence-corrected chi connectivity index (χ0v) is 17.3. The van der Waals surface area contributed by atoms with Crippen LogP contribution in [0.2, 0.25) is 0 Å². The third-order valence-corrected chi connectivity index (χ3v) is 4.13. The van der Waals surface area contributed by atoms with Crippen LogP contribution < -0.4 is 16.0 Å². The highest BCUT2D eigenvalue weighted by Crippen LogP contribution is 2.10. The fourth-order valence-corrected chi connectivity index (χ4v) is 2.65. The van der Waals surface area contributed by atoms with Gasteiger partial charge in [-0.05, 0) is 13.3 Å². The van der Waals surface area contributed by atoms with Crippen LogP contribution in [0.5, 0.6) is 0 Å². The number of carbonyl (C=O) groups excluding carboxylic acids is 1. The second kappa shape index (κ2) is 13.5. The molecular weight excluding hydrogens is 425 g/mol. The number of aryl methyl sites for hydroxylation is 1. The van der Waals surface area contributed by atoms with Crippen LogP contribution in [-0.2, 0) is 0 Å². The Morgan fingerprint density at radius 1 is 1.17 bits per heavy atom. The summed E-state index contributed by atoms with van der Waals surface area (Å²) in [6.07, 6.45) is 4.91. The molecular formula is C15H28IN5OS. The molecule has 6 nitrogen and oxygen atoms in total. The average Bonchev–Trinajstić information content (AvgIpc) is 2.95. The number of guanidine groups is 1. The molecule has 3 N–H and O–H groups in total. The number of nitrogens with zero attached hydrogens (tertiary/aromatic N) is 2. The number of nitrogens with one attached hydrogen (secondary N) is 3. The lowest BCUT2D eigenvalue weighted by Gasteiger charge is -2.12. The van der Waals surface area contributed by atoms with Crippen molar-refractivity contribution in [3.63, 3.8) is 0 Å². The van der Waals surface area contributed by atoms with E-state index in [-0.39, 0.29) is 29.9 Å². The van der Waals surface area contributed by atoms with E-state index in [1.165, 1.54) is 30.6 Å². The molecule has 0 radical (unpaired) electrons. The van der Waals surface area contributed by atoms with Gasteiger partial charge in [0.15, 0.2) is 5.96 Å². The molecule has 0 fully saturated rings. The monoisotopic (exact) mass is 453 g/mol. The number of halogens is 1. The van der Waals surface area contributed by atoms with Crippen molar-refractivity contribution < 1.29 is 4.79 Å². The number of rotatable bonds is 9. The lowest BCUT2D eigenvalue weighted by molar-refractivity contribution is 0.0957. The minimum Gasteiger partial charge on any atom is -0.356 e. The summed E-state index contributed by atoms with van der Waals surface area (Å²) in [4.78, 5) is 20.8. The van der Waals surface area contributed by atoms with Gasteiger partial charge in [-0.15, -0.1) is 35.3 Å². The highest BCUT2D eigenvalue weighted by Gasteiger charge is 2.10. The first-order valence-electron chi connectivity index (χ1n) is 7.81. The summed E-state index contributed by atoms with van der Waals surface area (Å²) in [6, 6.07) is 0. The maximum Gasteiger partial charge on any atom is 0.263 e. The van der Waals surface area contributed by atoms with Crippen LogP contribution in [0.4, 0.5) is 0 Å². The molecule has 0 saturated carbocycles. The van der Waals surface area contributed by atoms with E-state index in [9.17, 15) is 4.79 Å². The highest BCUT2D eigenvalue weighted by molar-refractivity contribution is 14.0. The van der Waals surface area contributed by atoms with Gasteiger partial charge in [0.25, 0.3) is 5.91 Å². The fraction of sp³-hybridized carbons (Fsp3) is 0.667. The minimum absolute atomic E-state index is 0. The Morgan fingerprint density at radius 3 is 2.48 bits per heavy atom. The van der Waals surface area contributed by atoms with E-state index >= 15 is 0 Å². The van der Waals surface area contributed by atoms with Gasteiger partial charge in [-0.25, -0.2) is 4.98 Å². The zero-order valence-electron chi connectivity index (χ0n) is 14.1. The first-order chi connectivity index (χ1) is 10.7. The van der Waals surface area contributed by atoms with Gasteiger partial charge in [-0.1, -0.05) is 26.2 Å². The number of aliphatic imine (C=N–C) groups is 1. The van der Waals surface area contributed by atoms with Crippen LogP contribution in [0.25, 0.3) is 0 Å². The summed E-state index contributed by atoms with van der Waals surface area (Å²) in [7, 11) is 1.75. The Balaban J connectivity index is 0.00000484. The zero-order chi connectivity index (χ0) is 16.2. The van der Waals surface area contributed by atoms with Crippen LogP contribution in [0.3, 0.4) is 0 Å². The van der Waals surface area contributed by atoms with E-state index in [2.05, 4.69) is 32.9 Å². The van der Waals surface area contributed by atoms with Crippen molar-refractivity contribution in [3.05, 3.63) is 16.1 Å². The van der Waals surface area contributed by atoms with Crippen LogP contribution in [0.1, 0.15) is 48.0 Å². The maximum absolute atomic E-state index is 11.9. The van der Waals surface area contributed by atoms with Gasteiger partial charge in [0.05, 0.1) is 11.2 Å². The highest BCUT2D eigenvalue weighted by atomic mass is 127. The largest absolute Gasteiger partial charge is 0.356 e. The molecule has 0 atom stereocenters. The summed E-state index contributed by atoms with van der Waals surface area (Å²) in [5.74, 6) is 0.712. The molecule has 0 aliphatic heterocycles. The molecule has 132 valence electrons. The number of amides is 1. The Kier molecular flexibility index (Phi) is 13.0. The lowest BCUT2D eigenvalue weighted by Crippen LogP contribution is -2.41. The number of hydrogen-bond acceptors (Lipinski definition) is 4. The first-order valence-corrected chi connectivity index (χ1v) is 8.69. The van der Waals surface area contributed by atoms with Crippen molar-refractivity contribution in [1.29, 1.82) is 0 Å². The van der Waals surface area contributed by atoms with E-state index in [4.69, 9.17) is 0 Å². The maximum atomic E-state index is 11.9. The van der Waals surface area contributed by atoms with E-state index in [1.54, 1.807) is 12.6 Å². The number of hydrogen-bond donors (Lipinski definition) is 3. The van der Waals surface area contributed by atoms with Gasteiger partial charge in [0, 0.05) is 26.7 Å². The minimum atomic E-state index is -0.0655. The Bertz CT molecular complexity index is 478. The Hall–Kier alpha value is -0.900. The topological polar surface area (TPSA) is 78.4 Å². The molecule has 1 aromatic rings. The van der Waals surface area contributed by atoms with E-state index in [0.717, 1.165) is 24.6 Å². The third kappa shape index (κ3) is 9.09. The molecule has 23 heavy (non-hydrogen) atoms. The molecule has 0 aliphatic rings. The van der Waals surface area contributed by atoms with Crippen molar-refractivity contribution in [2.45, 2.75) is 39.5 Å². The lowest BCUT2D eigenvalue weighted by atomic mass is 10.2. The molecule has 8 heteroatoms. The number of carbonyl (C=O) groups is 1. The average molecular weight is 453 g/mol. The van der Waals surface area contributed by atoms with Crippen molar-refractivity contribution in [2.24, 2.45) is 4.99 Å². The number of unbranched alkanes of at least 4 members (excludes halogenated alkanes) is 3. The normalized spacial score (nSPS) is 10.8. The van der Waals surface area contributed by atoms with Gasteiger partial charge in [0.1, 0.15) is 4.88 Å². The summed E-state index contributed by atoms with van der Waals surface area (Å²) < 4.78 is 0. The molecule has 1 amide bonds. The predicted molar refractivity (Wildman–Crippen MR) is 108 cm³/mol. The van der Waals surface area contributed by atoms with Crippen molar-refractivity contribution in [2.75, 3.05) is 26.7 Å². The SMILES string of the molecule is CCCCCCNC(=NC)NCCNC(=O)c1scnc1C.I. The van der Waals surface area contributed by atoms with E-state index in [1.807, 2.05) is 6.92 Å². The van der Waals surface area contributed by atoms with Crippen molar-refractivity contribution >= 4 is 47.2 Å². The van der Waals surface area contributed by atoms with Gasteiger partial charge in [-0.3, -0.25) is 9.79 Å². The smallest absolute Gasteiger partial charge is 0.263 e. The number of aromatic nitrogens is 1. The molecule has 0 aliphatic carbocycles. The fourth-order valence-electron chi connectivity index (χ4n) is 1.94. The van der Waals surface area contributed by atoms with Crippen LogP contribution in [0, 0.1) is 6.92 Å². The Morgan fingerprint density at radius 2 is 1.87 bits per heavy atom. The summed E-state index contributed by atoms with van der Waals surface area (Å²) >= 11 is 1.36. The molecule has 0 spiro atoms. The van der Waals surface area contributed by atoms with Crippen molar-refractivity contribution in [3.8, 4) is 0 Å². The van der Waals surface area contributed by atoms with Crippen LogP contribution in [0.15, 0.2) is 10.5 Å². The predicted octanol–water partition coefficient (Wildman–Crippen LogP) is 2.54. The molecule has 0 unspecified atom stereocenters. The van der Waals surface area contributed by atoms with Crippen LogP contribution in [-0.4, -0.2) is 43.5 Å².